The van der Waals surface area contributed by atoms with Crippen LogP contribution in [0.15, 0.2) is 40.7 Å². The van der Waals surface area contributed by atoms with Gasteiger partial charge in [0.15, 0.2) is 5.13 Å². The Bertz CT molecular complexity index is 640. The number of ether oxygens (including phenoxy) is 1. The number of nitrogens with zero attached hydrogens (tertiary/aromatic N) is 1. The van der Waals surface area contributed by atoms with Gasteiger partial charge in [-0.1, -0.05) is 0 Å². The van der Waals surface area contributed by atoms with Gasteiger partial charge in [0.05, 0.1) is 11.5 Å². The van der Waals surface area contributed by atoms with Crippen molar-refractivity contribution in [1.29, 1.82) is 0 Å². The summed E-state index contributed by atoms with van der Waals surface area (Å²) in [6.45, 7) is 1.47. The van der Waals surface area contributed by atoms with Crippen molar-refractivity contribution in [2.75, 3.05) is 24.9 Å². The zero-order chi connectivity index (χ0) is 15.1. The summed E-state index contributed by atoms with van der Waals surface area (Å²) in [5.41, 5.74) is 0. The summed E-state index contributed by atoms with van der Waals surface area (Å²) in [7, 11) is -1.71. The standard InChI is InChI=1S/C13H17N3O3S2/c1-14-7-2-9-19-11-3-5-12(6-4-11)21(17,18)16-13-15-8-10-20-13/h3-6,8,10,14H,2,7,9H2,1H3,(H,15,16). The summed E-state index contributed by atoms with van der Waals surface area (Å²) < 4.78 is 32.2. The zero-order valence-corrected chi connectivity index (χ0v) is 13.2. The number of anilines is 1. The highest BCUT2D eigenvalue weighted by molar-refractivity contribution is 7.93. The molecular formula is C13H17N3O3S2. The Hall–Kier alpha value is -1.64. The number of thiazole rings is 1. The molecule has 0 unspecified atom stereocenters. The van der Waals surface area contributed by atoms with Crippen molar-refractivity contribution in [1.82, 2.24) is 10.3 Å². The third kappa shape index (κ3) is 4.69. The Morgan fingerprint density at radius 3 is 2.67 bits per heavy atom. The van der Waals surface area contributed by atoms with Gasteiger partial charge in [-0.2, -0.15) is 0 Å². The molecule has 1 heterocycles. The molecule has 0 atom stereocenters. The van der Waals surface area contributed by atoms with Crippen LogP contribution in [0.25, 0.3) is 0 Å². The molecule has 0 aliphatic heterocycles. The van der Waals surface area contributed by atoms with Crippen LogP contribution < -0.4 is 14.8 Å². The van der Waals surface area contributed by atoms with Crippen molar-refractivity contribution >= 4 is 26.5 Å². The molecule has 0 saturated heterocycles. The molecule has 2 rings (SSSR count). The first-order valence-corrected chi connectivity index (χ1v) is 8.78. The zero-order valence-electron chi connectivity index (χ0n) is 11.6. The number of hydrogen-bond acceptors (Lipinski definition) is 6. The van der Waals surface area contributed by atoms with E-state index in [0.717, 1.165) is 13.0 Å². The van der Waals surface area contributed by atoms with Gasteiger partial charge in [0, 0.05) is 11.6 Å². The third-order valence-corrected chi connectivity index (χ3v) is 4.80. The quantitative estimate of drug-likeness (QED) is 0.724. The average Bonchev–Trinajstić information content (AvgIpc) is 2.96. The molecule has 2 aromatic rings. The minimum atomic E-state index is -3.60. The van der Waals surface area contributed by atoms with Gasteiger partial charge in [-0.05, 0) is 44.3 Å². The first-order chi connectivity index (χ1) is 10.1. The number of hydrogen-bond donors (Lipinski definition) is 2. The van der Waals surface area contributed by atoms with E-state index in [4.69, 9.17) is 4.74 Å². The predicted molar refractivity (Wildman–Crippen MR) is 83.4 cm³/mol. The molecule has 0 amide bonds. The monoisotopic (exact) mass is 327 g/mol. The second-order valence-electron chi connectivity index (χ2n) is 4.22. The predicted octanol–water partition coefficient (Wildman–Crippen LogP) is 1.93. The van der Waals surface area contributed by atoms with Crippen LogP contribution in [-0.2, 0) is 10.0 Å². The van der Waals surface area contributed by atoms with Gasteiger partial charge in [-0.25, -0.2) is 13.4 Å². The van der Waals surface area contributed by atoms with Gasteiger partial charge >= 0.3 is 0 Å². The van der Waals surface area contributed by atoms with E-state index in [2.05, 4.69) is 15.0 Å². The van der Waals surface area contributed by atoms with E-state index >= 15 is 0 Å². The van der Waals surface area contributed by atoms with Gasteiger partial charge in [-0.15, -0.1) is 11.3 Å². The minimum absolute atomic E-state index is 0.181. The van der Waals surface area contributed by atoms with E-state index in [1.54, 1.807) is 23.7 Å². The molecular weight excluding hydrogens is 310 g/mol. The maximum absolute atomic E-state index is 12.1. The van der Waals surface area contributed by atoms with E-state index < -0.39 is 10.0 Å². The van der Waals surface area contributed by atoms with Gasteiger partial charge < -0.3 is 10.1 Å². The number of benzene rings is 1. The van der Waals surface area contributed by atoms with E-state index in [1.807, 2.05) is 7.05 Å². The fourth-order valence-electron chi connectivity index (χ4n) is 1.60. The lowest BCUT2D eigenvalue weighted by atomic mass is 10.3. The molecule has 0 fully saturated rings. The first kappa shape index (κ1) is 15.7. The van der Waals surface area contributed by atoms with Crippen molar-refractivity contribution in [2.45, 2.75) is 11.3 Å². The Labute approximate surface area is 128 Å². The average molecular weight is 327 g/mol. The number of aromatic nitrogens is 1. The fraction of sp³-hybridized carbons (Fsp3) is 0.308. The summed E-state index contributed by atoms with van der Waals surface area (Å²) >= 11 is 1.23. The molecule has 6 nitrogen and oxygen atoms in total. The summed E-state index contributed by atoms with van der Waals surface area (Å²) in [5, 5.41) is 5.09. The van der Waals surface area contributed by atoms with Gasteiger partial charge in [0.25, 0.3) is 10.0 Å². The Morgan fingerprint density at radius 2 is 2.05 bits per heavy atom. The molecule has 21 heavy (non-hydrogen) atoms. The summed E-state index contributed by atoms with van der Waals surface area (Å²) in [5.74, 6) is 0.652. The number of sulfonamides is 1. The van der Waals surface area contributed by atoms with Gasteiger partial charge in [-0.3, -0.25) is 4.72 Å². The topological polar surface area (TPSA) is 80.3 Å². The normalized spacial score (nSPS) is 11.3. The Balaban J connectivity index is 1.97. The molecule has 0 radical (unpaired) electrons. The van der Waals surface area contributed by atoms with Gasteiger partial charge in [0.2, 0.25) is 0 Å². The van der Waals surface area contributed by atoms with E-state index in [-0.39, 0.29) is 4.90 Å². The SMILES string of the molecule is CNCCCOc1ccc(S(=O)(=O)Nc2nccs2)cc1. The first-order valence-electron chi connectivity index (χ1n) is 6.41. The summed E-state index contributed by atoms with van der Waals surface area (Å²) in [4.78, 5) is 4.08. The highest BCUT2D eigenvalue weighted by Crippen LogP contribution is 2.20. The molecule has 1 aromatic heterocycles. The van der Waals surface area contributed by atoms with Crippen molar-refractivity contribution in [3.8, 4) is 5.75 Å². The van der Waals surface area contributed by atoms with Crippen LogP contribution in [0.4, 0.5) is 5.13 Å². The van der Waals surface area contributed by atoms with Crippen molar-refractivity contribution < 1.29 is 13.2 Å². The lowest BCUT2D eigenvalue weighted by Gasteiger charge is -2.08. The smallest absolute Gasteiger partial charge is 0.263 e. The molecule has 0 aliphatic carbocycles. The van der Waals surface area contributed by atoms with Crippen LogP contribution in [0.2, 0.25) is 0 Å². The third-order valence-electron chi connectivity index (χ3n) is 2.63. The van der Waals surface area contributed by atoms with E-state index in [1.165, 1.54) is 23.5 Å². The molecule has 0 bridgehead atoms. The van der Waals surface area contributed by atoms with Crippen LogP contribution in [-0.4, -0.2) is 33.6 Å². The highest BCUT2D eigenvalue weighted by atomic mass is 32.2. The summed E-state index contributed by atoms with van der Waals surface area (Å²) in [6.07, 6.45) is 2.44. The molecule has 1 aromatic carbocycles. The van der Waals surface area contributed by atoms with E-state index in [9.17, 15) is 8.42 Å². The van der Waals surface area contributed by atoms with Crippen molar-refractivity contribution in [3.63, 3.8) is 0 Å². The van der Waals surface area contributed by atoms with E-state index in [0.29, 0.717) is 17.5 Å². The lowest BCUT2D eigenvalue weighted by Crippen LogP contribution is -2.13. The largest absolute Gasteiger partial charge is 0.494 e. The number of rotatable bonds is 8. The van der Waals surface area contributed by atoms with Crippen LogP contribution in [0.5, 0.6) is 5.75 Å². The van der Waals surface area contributed by atoms with Crippen molar-refractivity contribution in [3.05, 3.63) is 35.8 Å². The minimum Gasteiger partial charge on any atom is -0.494 e. The molecule has 114 valence electrons. The molecule has 2 N–H and O–H groups in total. The number of nitrogens with one attached hydrogen (secondary N) is 2. The van der Waals surface area contributed by atoms with Crippen LogP contribution in [0.3, 0.4) is 0 Å². The lowest BCUT2D eigenvalue weighted by molar-refractivity contribution is 0.309. The Kier molecular flexibility index (Phi) is 5.54. The van der Waals surface area contributed by atoms with Crippen LogP contribution in [0, 0.1) is 0 Å². The highest BCUT2D eigenvalue weighted by Gasteiger charge is 2.15. The second kappa shape index (κ2) is 7.39. The molecule has 8 heteroatoms. The summed E-state index contributed by atoms with van der Waals surface area (Å²) in [6, 6.07) is 6.33. The van der Waals surface area contributed by atoms with Crippen molar-refractivity contribution in [2.24, 2.45) is 0 Å². The maximum Gasteiger partial charge on any atom is 0.263 e. The fourth-order valence-corrected chi connectivity index (χ4v) is 3.39. The second-order valence-corrected chi connectivity index (χ2v) is 6.80. The van der Waals surface area contributed by atoms with Crippen LogP contribution in [0.1, 0.15) is 6.42 Å². The van der Waals surface area contributed by atoms with Gasteiger partial charge in [0.1, 0.15) is 5.75 Å². The molecule has 0 saturated carbocycles. The molecule has 0 spiro atoms. The Morgan fingerprint density at radius 1 is 1.29 bits per heavy atom. The van der Waals surface area contributed by atoms with Crippen LogP contribution >= 0.6 is 11.3 Å². The molecule has 0 aliphatic rings. The maximum atomic E-state index is 12.1.